The van der Waals surface area contributed by atoms with Gasteiger partial charge in [0.15, 0.2) is 0 Å². The van der Waals surface area contributed by atoms with Gasteiger partial charge in [0.25, 0.3) is 0 Å². The Hall–Kier alpha value is -1.55. The van der Waals surface area contributed by atoms with E-state index < -0.39 is 0 Å². The van der Waals surface area contributed by atoms with Crippen LogP contribution in [0.1, 0.15) is 25.3 Å². The lowest BCUT2D eigenvalue weighted by Gasteiger charge is -2.16. The van der Waals surface area contributed by atoms with Gasteiger partial charge < -0.3 is 15.0 Å². The lowest BCUT2D eigenvalue weighted by Crippen LogP contribution is -2.29. The van der Waals surface area contributed by atoms with Crippen molar-refractivity contribution in [3.05, 3.63) is 35.9 Å². The summed E-state index contributed by atoms with van der Waals surface area (Å²) in [6.45, 7) is 6.17. The zero-order valence-electron chi connectivity index (χ0n) is 12.2. The van der Waals surface area contributed by atoms with Crippen LogP contribution in [0.15, 0.2) is 30.3 Å². The fourth-order valence-corrected chi connectivity index (χ4v) is 2.53. The minimum Gasteiger partial charge on any atom is -0.445 e. The van der Waals surface area contributed by atoms with Gasteiger partial charge in [-0.15, -0.1) is 0 Å². The predicted octanol–water partition coefficient (Wildman–Crippen LogP) is 2.64. The molecular formula is C16H24N2O2. The molecule has 1 aliphatic heterocycles. The predicted molar refractivity (Wildman–Crippen MR) is 79.5 cm³/mol. The van der Waals surface area contributed by atoms with Gasteiger partial charge in [-0.25, -0.2) is 4.79 Å². The Morgan fingerprint density at radius 1 is 1.40 bits per heavy atom. The molecule has 1 aromatic rings. The van der Waals surface area contributed by atoms with Crippen LogP contribution in [0.25, 0.3) is 0 Å². The van der Waals surface area contributed by atoms with Gasteiger partial charge >= 0.3 is 6.09 Å². The molecule has 1 amide bonds. The molecule has 0 aromatic heterocycles. The van der Waals surface area contributed by atoms with E-state index in [0.717, 1.165) is 44.6 Å². The van der Waals surface area contributed by atoms with Gasteiger partial charge in [-0.05, 0) is 37.4 Å². The van der Waals surface area contributed by atoms with Gasteiger partial charge in [-0.2, -0.15) is 0 Å². The minimum atomic E-state index is -0.181. The number of carbonyl (C=O) groups excluding carboxylic acids is 1. The van der Waals surface area contributed by atoms with Gasteiger partial charge in [0, 0.05) is 13.1 Å². The standard InChI is InChI=1S/C16H24N2O2/c1-2-17-10-8-14-9-11-18(12-14)16(19)20-13-15-6-4-3-5-7-15/h3-7,14,17H,2,8-13H2,1H3/t14-/m1/s1. The molecule has 4 nitrogen and oxygen atoms in total. The number of benzene rings is 1. The fraction of sp³-hybridized carbons (Fsp3) is 0.562. The Balaban J connectivity index is 1.69. The van der Waals surface area contributed by atoms with Crippen LogP contribution >= 0.6 is 0 Å². The van der Waals surface area contributed by atoms with Crippen molar-refractivity contribution in [1.29, 1.82) is 0 Å². The number of likely N-dealkylation sites (tertiary alicyclic amines) is 1. The number of nitrogens with zero attached hydrogens (tertiary/aromatic N) is 1. The van der Waals surface area contributed by atoms with Crippen molar-refractivity contribution in [2.45, 2.75) is 26.4 Å². The van der Waals surface area contributed by atoms with Crippen molar-refractivity contribution in [3.63, 3.8) is 0 Å². The van der Waals surface area contributed by atoms with Crippen LogP contribution in [-0.2, 0) is 11.3 Å². The third-order valence-electron chi connectivity index (χ3n) is 3.73. The van der Waals surface area contributed by atoms with E-state index in [2.05, 4.69) is 12.2 Å². The van der Waals surface area contributed by atoms with Crippen molar-refractivity contribution in [2.24, 2.45) is 5.92 Å². The number of nitrogens with one attached hydrogen (secondary N) is 1. The van der Waals surface area contributed by atoms with Crippen molar-refractivity contribution >= 4 is 6.09 Å². The van der Waals surface area contributed by atoms with Crippen LogP contribution in [-0.4, -0.2) is 37.2 Å². The molecule has 2 rings (SSSR count). The zero-order chi connectivity index (χ0) is 14.2. The molecule has 1 saturated heterocycles. The Kier molecular flexibility index (Phi) is 5.87. The summed E-state index contributed by atoms with van der Waals surface area (Å²) in [5.74, 6) is 0.610. The van der Waals surface area contributed by atoms with E-state index in [0.29, 0.717) is 12.5 Å². The summed E-state index contributed by atoms with van der Waals surface area (Å²) in [4.78, 5) is 13.8. The van der Waals surface area contributed by atoms with Crippen molar-refractivity contribution in [3.8, 4) is 0 Å². The third kappa shape index (κ3) is 4.53. The van der Waals surface area contributed by atoms with E-state index in [1.165, 1.54) is 0 Å². The van der Waals surface area contributed by atoms with E-state index in [1.807, 2.05) is 35.2 Å². The van der Waals surface area contributed by atoms with Crippen LogP contribution in [0.4, 0.5) is 4.79 Å². The van der Waals surface area contributed by atoms with E-state index in [9.17, 15) is 4.79 Å². The first kappa shape index (κ1) is 14.9. The average molecular weight is 276 g/mol. The number of carbonyl (C=O) groups is 1. The summed E-state index contributed by atoms with van der Waals surface area (Å²) >= 11 is 0. The molecule has 1 atom stereocenters. The molecule has 110 valence electrons. The third-order valence-corrected chi connectivity index (χ3v) is 3.73. The number of amides is 1. The highest BCUT2D eigenvalue weighted by atomic mass is 16.6. The second-order valence-electron chi connectivity index (χ2n) is 5.28. The summed E-state index contributed by atoms with van der Waals surface area (Å²) in [6.07, 6.45) is 2.04. The van der Waals surface area contributed by atoms with Gasteiger partial charge in [-0.3, -0.25) is 0 Å². The highest BCUT2D eigenvalue weighted by Crippen LogP contribution is 2.20. The van der Waals surface area contributed by atoms with Crippen LogP contribution in [0.3, 0.4) is 0 Å². The zero-order valence-corrected chi connectivity index (χ0v) is 12.2. The minimum absolute atomic E-state index is 0.181. The molecule has 20 heavy (non-hydrogen) atoms. The molecule has 0 bridgehead atoms. The quantitative estimate of drug-likeness (QED) is 0.812. The summed E-state index contributed by atoms with van der Waals surface area (Å²) < 4.78 is 5.36. The maximum Gasteiger partial charge on any atom is 0.410 e. The number of rotatable bonds is 6. The Morgan fingerprint density at radius 3 is 2.95 bits per heavy atom. The first-order valence-electron chi connectivity index (χ1n) is 7.46. The molecule has 0 unspecified atom stereocenters. The lowest BCUT2D eigenvalue weighted by atomic mass is 10.1. The number of hydrogen-bond acceptors (Lipinski definition) is 3. The average Bonchev–Trinajstić information content (AvgIpc) is 2.95. The van der Waals surface area contributed by atoms with Crippen molar-refractivity contribution < 1.29 is 9.53 Å². The summed E-state index contributed by atoms with van der Waals surface area (Å²) in [7, 11) is 0. The van der Waals surface area contributed by atoms with Gasteiger partial charge in [0.1, 0.15) is 6.61 Å². The van der Waals surface area contributed by atoms with Crippen molar-refractivity contribution in [2.75, 3.05) is 26.2 Å². The summed E-state index contributed by atoms with van der Waals surface area (Å²) in [5, 5.41) is 3.33. The highest BCUT2D eigenvalue weighted by Gasteiger charge is 2.26. The van der Waals surface area contributed by atoms with E-state index in [4.69, 9.17) is 4.74 Å². The molecule has 0 aliphatic carbocycles. The normalized spacial score (nSPS) is 18.2. The fourth-order valence-electron chi connectivity index (χ4n) is 2.53. The number of ether oxygens (including phenoxy) is 1. The molecule has 0 spiro atoms. The molecule has 1 heterocycles. The number of hydrogen-bond donors (Lipinski definition) is 1. The monoisotopic (exact) mass is 276 g/mol. The largest absolute Gasteiger partial charge is 0.445 e. The van der Waals surface area contributed by atoms with Crippen molar-refractivity contribution in [1.82, 2.24) is 10.2 Å². The van der Waals surface area contributed by atoms with Crippen LogP contribution in [0.2, 0.25) is 0 Å². The molecule has 0 radical (unpaired) electrons. The maximum atomic E-state index is 12.0. The maximum absolute atomic E-state index is 12.0. The Labute approximate surface area is 121 Å². The van der Waals surface area contributed by atoms with Crippen LogP contribution in [0, 0.1) is 5.92 Å². The molecule has 1 fully saturated rings. The molecule has 1 N–H and O–H groups in total. The van der Waals surface area contributed by atoms with Gasteiger partial charge in [0.05, 0.1) is 0 Å². The van der Waals surface area contributed by atoms with Gasteiger partial charge in [-0.1, -0.05) is 37.3 Å². The molecular weight excluding hydrogens is 252 g/mol. The smallest absolute Gasteiger partial charge is 0.410 e. The first-order valence-corrected chi connectivity index (χ1v) is 7.46. The second-order valence-corrected chi connectivity index (χ2v) is 5.28. The van der Waals surface area contributed by atoms with E-state index >= 15 is 0 Å². The first-order chi connectivity index (χ1) is 9.79. The molecule has 1 aliphatic rings. The summed E-state index contributed by atoms with van der Waals surface area (Å²) in [6, 6.07) is 9.80. The van der Waals surface area contributed by atoms with E-state index in [1.54, 1.807) is 0 Å². The Morgan fingerprint density at radius 2 is 2.20 bits per heavy atom. The summed E-state index contributed by atoms with van der Waals surface area (Å²) in [5.41, 5.74) is 1.03. The molecule has 4 heteroatoms. The topological polar surface area (TPSA) is 41.6 Å². The highest BCUT2D eigenvalue weighted by molar-refractivity contribution is 5.68. The van der Waals surface area contributed by atoms with Crippen LogP contribution < -0.4 is 5.32 Å². The van der Waals surface area contributed by atoms with E-state index in [-0.39, 0.29) is 6.09 Å². The van der Waals surface area contributed by atoms with Gasteiger partial charge in [0.2, 0.25) is 0 Å². The molecule has 1 aromatic carbocycles. The lowest BCUT2D eigenvalue weighted by molar-refractivity contribution is 0.103. The Bertz CT molecular complexity index is 408. The second kappa shape index (κ2) is 7.90. The van der Waals surface area contributed by atoms with Crippen LogP contribution in [0.5, 0.6) is 0 Å². The molecule has 0 saturated carbocycles. The SMILES string of the molecule is CCNCC[C@@H]1CCN(C(=O)OCc2ccccc2)C1.